The average Bonchev–Trinajstić information content (AvgIpc) is 2.44. The predicted octanol–water partition coefficient (Wildman–Crippen LogP) is 4.20. The average molecular weight is 309 g/mol. The van der Waals surface area contributed by atoms with E-state index in [9.17, 15) is 5.11 Å². The molecule has 0 fully saturated rings. The molecule has 0 aromatic heterocycles. The second-order valence-electron chi connectivity index (χ2n) is 4.45. The largest absolute Gasteiger partial charge is 0.508 e. The highest BCUT2D eigenvalue weighted by Crippen LogP contribution is 2.35. The molecule has 104 valence electrons. The summed E-state index contributed by atoms with van der Waals surface area (Å²) in [5.41, 5.74) is 2.03. The van der Waals surface area contributed by atoms with Crippen molar-refractivity contribution in [2.45, 2.75) is 17.3 Å². The Kier molecular flexibility index (Phi) is 4.05. The first-order valence-electron chi connectivity index (χ1n) is 6.16. The van der Waals surface area contributed by atoms with Gasteiger partial charge in [-0.2, -0.15) is 0 Å². The highest BCUT2D eigenvalue weighted by Gasteiger charge is 2.16. The molecule has 2 aromatic rings. The van der Waals surface area contributed by atoms with Gasteiger partial charge < -0.3 is 14.6 Å². The topological polar surface area (TPSA) is 38.7 Å². The zero-order valence-electron chi connectivity index (χ0n) is 10.6. The number of halogens is 1. The number of benzene rings is 2. The molecule has 1 N–H and O–H groups in total. The van der Waals surface area contributed by atoms with Crippen molar-refractivity contribution in [2.24, 2.45) is 0 Å². The van der Waals surface area contributed by atoms with Crippen molar-refractivity contribution in [3.05, 3.63) is 52.5 Å². The van der Waals surface area contributed by atoms with Gasteiger partial charge in [0.2, 0.25) is 0 Å². The normalized spacial score (nSPS) is 13.7. The summed E-state index contributed by atoms with van der Waals surface area (Å²) in [6, 6.07) is 11.0. The second-order valence-corrected chi connectivity index (χ2v) is 5.94. The highest BCUT2D eigenvalue weighted by atomic mass is 35.5. The quantitative estimate of drug-likeness (QED) is 0.862. The smallest absolute Gasteiger partial charge is 0.189 e. The molecule has 1 aliphatic heterocycles. The van der Waals surface area contributed by atoms with Crippen molar-refractivity contribution in [3.8, 4) is 11.5 Å². The molecule has 1 heterocycles. The molecule has 0 spiro atoms. The molecule has 1 aliphatic rings. The third-order valence-electron chi connectivity index (χ3n) is 2.96. The van der Waals surface area contributed by atoms with Gasteiger partial charge >= 0.3 is 0 Å². The van der Waals surface area contributed by atoms with Gasteiger partial charge in [0, 0.05) is 26.8 Å². The lowest BCUT2D eigenvalue weighted by atomic mass is 10.1. The van der Waals surface area contributed by atoms with Crippen LogP contribution in [0.4, 0.5) is 0 Å². The van der Waals surface area contributed by atoms with E-state index in [-0.39, 0.29) is 12.5 Å². The number of thioether (sulfide) groups is 1. The van der Waals surface area contributed by atoms with Gasteiger partial charge in [-0.15, -0.1) is 11.8 Å². The number of hydrogen-bond donors (Lipinski definition) is 1. The predicted molar refractivity (Wildman–Crippen MR) is 79.4 cm³/mol. The Balaban J connectivity index is 1.82. The summed E-state index contributed by atoms with van der Waals surface area (Å²) in [7, 11) is 0. The van der Waals surface area contributed by atoms with Crippen LogP contribution in [0.1, 0.15) is 11.1 Å². The van der Waals surface area contributed by atoms with Gasteiger partial charge in [0.15, 0.2) is 6.79 Å². The molecule has 0 radical (unpaired) electrons. The van der Waals surface area contributed by atoms with Crippen LogP contribution < -0.4 is 4.74 Å². The fourth-order valence-corrected chi connectivity index (χ4v) is 3.28. The summed E-state index contributed by atoms with van der Waals surface area (Å²) in [6.07, 6.45) is 0. The van der Waals surface area contributed by atoms with Crippen molar-refractivity contribution in [2.75, 3.05) is 6.79 Å². The van der Waals surface area contributed by atoms with Crippen molar-refractivity contribution in [1.29, 1.82) is 0 Å². The van der Waals surface area contributed by atoms with Gasteiger partial charge in [-0.25, -0.2) is 0 Å². The molecule has 2 aromatic carbocycles. The van der Waals surface area contributed by atoms with E-state index in [1.165, 1.54) is 0 Å². The summed E-state index contributed by atoms with van der Waals surface area (Å²) < 4.78 is 10.8. The van der Waals surface area contributed by atoms with Crippen LogP contribution in [-0.2, 0) is 17.1 Å². The minimum absolute atomic E-state index is 0.271. The number of phenolic OH excluding ortho intramolecular Hbond substituents is 1. The maximum atomic E-state index is 9.47. The van der Waals surface area contributed by atoms with E-state index in [1.54, 1.807) is 23.9 Å². The van der Waals surface area contributed by atoms with Gasteiger partial charge in [0.25, 0.3) is 0 Å². The van der Waals surface area contributed by atoms with Crippen LogP contribution in [0, 0.1) is 0 Å². The minimum Gasteiger partial charge on any atom is -0.508 e. The molecule has 0 bridgehead atoms. The van der Waals surface area contributed by atoms with E-state index in [2.05, 4.69) is 0 Å². The van der Waals surface area contributed by atoms with Crippen LogP contribution in [0.2, 0.25) is 5.02 Å². The second kappa shape index (κ2) is 5.95. The van der Waals surface area contributed by atoms with E-state index < -0.39 is 0 Å². The molecule has 0 amide bonds. The molecule has 0 saturated heterocycles. The van der Waals surface area contributed by atoms with Crippen LogP contribution in [0.3, 0.4) is 0 Å². The lowest BCUT2D eigenvalue weighted by molar-refractivity contribution is -0.0168. The lowest BCUT2D eigenvalue weighted by Crippen LogP contribution is -2.12. The van der Waals surface area contributed by atoms with E-state index in [0.717, 1.165) is 27.5 Å². The van der Waals surface area contributed by atoms with Crippen LogP contribution in [0.5, 0.6) is 11.5 Å². The van der Waals surface area contributed by atoms with Gasteiger partial charge in [-0.1, -0.05) is 17.7 Å². The minimum atomic E-state index is 0.271. The third-order valence-corrected chi connectivity index (χ3v) is 4.22. The summed E-state index contributed by atoms with van der Waals surface area (Å²) >= 11 is 7.76. The van der Waals surface area contributed by atoms with Crippen molar-refractivity contribution < 1.29 is 14.6 Å². The number of phenols is 1. The van der Waals surface area contributed by atoms with Crippen molar-refractivity contribution in [3.63, 3.8) is 0 Å². The molecule has 0 saturated carbocycles. The van der Waals surface area contributed by atoms with E-state index in [0.29, 0.717) is 11.6 Å². The molecule has 5 heteroatoms. The number of aromatic hydroxyl groups is 1. The monoisotopic (exact) mass is 308 g/mol. The van der Waals surface area contributed by atoms with E-state index >= 15 is 0 Å². The standard InChI is InChI=1S/C15H13ClO3S/c16-12-4-10-7-18-9-19-15(10)11(5-12)8-20-14-3-1-2-13(17)6-14/h1-6,17H,7-9H2. The number of fused-ring (bicyclic) bond motifs is 1. The zero-order chi connectivity index (χ0) is 13.9. The van der Waals surface area contributed by atoms with Gasteiger partial charge in [-0.3, -0.25) is 0 Å². The summed E-state index contributed by atoms with van der Waals surface area (Å²) in [6.45, 7) is 0.804. The fourth-order valence-electron chi connectivity index (χ4n) is 2.10. The number of hydrogen-bond acceptors (Lipinski definition) is 4. The molecule has 0 atom stereocenters. The Hall–Kier alpha value is -1.36. The first kappa shape index (κ1) is 13.6. The van der Waals surface area contributed by atoms with Crippen molar-refractivity contribution >= 4 is 23.4 Å². The Morgan fingerprint density at radius 3 is 3.00 bits per heavy atom. The number of rotatable bonds is 3. The van der Waals surface area contributed by atoms with E-state index in [4.69, 9.17) is 21.1 Å². The Morgan fingerprint density at radius 1 is 1.25 bits per heavy atom. The van der Waals surface area contributed by atoms with Gasteiger partial charge in [0.1, 0.15) is 11.5 Å². The summed E-state index contributed by atoms with van der Waals surface area (Å²) in [5, 5.41) is 10.2. The SMILES string of the molecule is Oc1cccc(SCc2cc(Cl)cc3c2OCOC3)c1. The molecule has 3 rings (SSSR count). The number of ether oxygens (including phenoxy) is 2. The Bertz CT molecular complexity index is 631. The fraction of sp³-hybridized carbons (Fsp3) is 0.200. The molecular formula is C15H13ClO3S. The van der Waals surface area contributed by atoms with Gasteiger partial charge in [-0.05, 0) is 30.3 Å². The maximum absolute atomic E-state index is 9.47. The molecule has 0 aliphatic carbocycles. The van der Waals surface area contributed by atoms with E-state index in [1.807, 2.05) is 24.3 Å². The van der Waals surface area contributed by atoms with Crippen LogP contribution in [0.15, 0.2) is 41.3 Å². The molecule has 3 nitrogen and oxygen atoms in total. The zero-order valence-corrected chi connectivity index (χ0v) is 12.2. The van der Waals surface area contributed by atoms with Crippen LogP contribution >= 0.6 is 23.4 Å². The van der Waals surface area contributed by atoms with Crippen LogP contribution in [-0.4, -0.2) is 11.9 Å². The Labute approximate surface area is 126 Å². The van der Waals surface area contributed by atoms with Crippen molar-refractivity contribution in [1.82, 2.24) is 0 Å². The summed E-state index contributed by atoms with van der Waals surface area (Å²) in [4.78, 5) is 1.01. The van der Waals surface area contributed by atoms with Gasteiger partial charge in [0.05, 0.1) is 6.61 Å². The third kappa shape index (κ3) is 3.03. The molecule has 20 heavy (non-hydrogen) atoms. The lowest BCUT2D eigenvalue weighted by Gasteiger charge is -2.21. The maximum Gasteiger partial charge on any atom is 0.189 e. The summed E-state index contributed by atoms with van der Waals surface area (Å²) in [5.74, 6) is 1.87. The Morgan fingerprint density at radius 2 is 2.15 bits per heavy atom. The first-order chi connectivity index (χ1) is 9.72. The van der Waals surface area contributed by atoms with Crippen LogP contribution in [0.25, 0.3) is 0 Å². The highest BCUT2D eigenvalue weighted by molar-refractivity contribution is 7.98. The molecular weight excluding hydrogens is 296 g/mol. The first-order valence-corrected chi connectivity index (χ1v) is 7.52. The molecule has 0 unspecified atom stereocenters.